The van der Waals surface area contributed by atoms with Crippen LogP contribution in [0.15, 0.2) is 48.7 Å². The predicted octanol–water partition coefficient (Wildman–Crippen LogP) is 4.40. The van der Waals surface area contributed by atoms with E-state index in [2.05, 4.69) is 27.9 Å². The molecule has 1 N–H and O–H groups in total. The number of amides is 1. The SMILES string of the molecule is CC(=O)n1cc(C=C2C(=O)Nc3ccc(I)cc32)c2ccccc21. The molecule has 0 spiro atoms. The van der Waals surface area contributed by atoms with Gasteiger partial charge in [0.15, 0.2) is 0 Å². The Labute approximate surface area is 152 Å². The summed E-state index contributed by atoms with van der Waals surface area (Å²) in [5, 5.41) is 3.84. The van der Waals surface area contributed by atoms with E-state index < -0.39 is 0 Å². The van der Waals surface area contributed by atoms with Crippen LogP contribution < -0.4 is 5.32 Å². The van der Waals surface area contributed by atoms with Crippen LogP contribution in [0.3, 0.4) is 0 Å². The molecular weight excluding hydrogens is 415 g/mol. The molecule has 4 rings (SSSR count). The molecule has 0 radical (unpaired) electrons. The fourth-order valence-electron chi connectivity index (χ4n) is 3.04. The summed E-state index contributed by atoms with van der Waals surface area (Å²) in [6.07, 6.45) is 3.65. The second-order valence-electron chi connectivity index (χ2n) is 5.69. The van der Waals surface area contributed by atoms with E-state index in [0.29, 0.717) is 5.57 Å². The van der Waals surface area contributed by atoms with Gasteiger partial charge in [-0.2, -0.15) is 0 Å². The van der Waals surface area contributed by atoms with E-state index in [4.69, 9.17) is 0 Å². The molecule has 24 heavy (non-hydrogen) atoms. The van der Waals surface area contributed by atoms with E-state index >= 15 is 0 Å². The lowest BCUT2D eigenvalue weighted by Gasteiger charge is -1.99. The van der Waals surface area contributed by atoms with Crippen molar-refractivity contribution in [1.29, 1.82) is 0 Å². The Kier molecular flexibility index (Phi) is 3.53. The van der Waals surface area contributed by atoms with E-state index in [1.807, 2.05) is 48.5 Å². The monoisotopic (exact) mass is 428 g/mol. The maximum Gasteiger partial charge on any atom is 0.256 e. The Balaban J connectivity index is 1.94. The van der Waals surface area contributed by atoms with Gasteiger partial charge in [-0.3, -0.25) is 14.2 Å². The second kappa shape index (κ2) is 5.59. The van der Waals surface area contributed by atoms with E-state index in [0.717, 1.165) is 31.3 Å². The van der Waals surface area contributed by atoms with Gasteiger partial charge in [0.25, 0.3) is 5.91 Å². The molecule has 1 aliphatic heterocycles. The molecule has 0 fully saturated rings. The second-order valence-corrected chi connectivity index (χ2v) is 6.94. The number of benzene rings is 2. The summed E-state index contributed by atoms with van der Waals surface area (Å²) >= 11 is 2.23. The lowest BCUT2D eigenvalue weighted by molar-refractivity contribution is -0.110. The quantitative estimate of drug-likeness (QED) is 0.462. The number of carbonyl (C=O) groups is 2. The molecule has 1 aliphatic rings. The van der Waals surface area contributed by atoms with Gasteiger partial charge in [-0.1, -0.05) is 18.2 Å². The normalized spacial score (nSPS) is 14.9. The van der Waals surface area contributed by atoms with Gasteiger partial charge in [0.05, 0.1) is 5.52 Å². The van der Waals surface area contributed by atoms with Gasteiger partial charge in [0, 0.05) is 44.5 Å². The summed E-state index contributed by atoms with van der Waals surface area (Å²) in [5.41, 5.74) is 4.04. The molecular formula is C19H13IN2O2. The summed E-state index contributed by atoms with van der Waals surface area (Å²) in [5.74, 6) is -0.173. The molecule has 0 saturated heterocycles. The summed E-state index contributed by atoms with van der Waals surface area (Å²) in [4.78, 5) is 24.2. The zero-order valence-electron chi connectivity index (χ0n) is 12.8. The molecule has 0 bridgehead atoms. The molecule has 4 nitrogen and oxygen atoms in total. The maximum atomic E-state index is 12.4. The van der Waals surface area contributed by atoms with Gasteiger partial charge in [0.2, 0.25) is 5.91 Å². The average Bonchev–Trinajstić information content (AvgIpc) is 3.07. The first-order valence-corrected chi connectivity index (χ1v) is 8.56. The Hall–Kier alpha value is -2.41. The fraction of sp³-hybridized carbons (Fsp3) is 0.0526. The van der Waals surface area contributed by atoms with Crippen molar-refractivity contribution >= 4 is 62.6 Å². The lowest BCUT2D eigenvalue weighted by atomic mass is 10.0. The van der Waals surface area contributed by atoms with Crippen LogP contribution in [0.25, 0.3) is 22.6 Å². The molecule has 5 heteroatoms. The number of halogens is 1. The Morgan fingerprint density at radius 1 is 1.21 bits per heavy atom. The number of nitrogens with one attached hydrogen (secondary N) is 1. The van der Waals surface area contributed by atoms with E-state index in [1.54, 1.807) is 10.8 Å². The number of hydrogen-bond acceptors (Lipinski definition) is 2. The first-order chi connectivity index (χ1) is 11.5. The van der Waals surface area contributed by atoms with E-state index in [9.17, 15) is 9.59 Å². The van der Waals surface area contributed by atoms with Crippen molar-refractivity contribution in [3.8, 4) is 0 Å². The highest BCUT2D eigenvalue weighted by Gasteiger charge is 2.24. The number of para-hydroxylation sites is 1. The van der Waals surface area contributed by atoms with Gasteiger partial charge in [-0.15, -0.1) is 0 Å². The first kappa shape index (κ1) is 15.1. The lowest BCUT2D eigenvalue weighted by Crippen LogP contribution is -2.03. The molecule has 118 valence electrons. The number of hydrogen-bond donors (Lipinski definition) is 1. The number of carbonyl (C=O) groups excluding carboxylic acids is 2. The maximum absolute atomic E-state index is 12.4. The van der Waals surface area contributed by atoms with Crippen LogP contribution in [0.1, 0.15) is 22.8 Å². The van der Waals surface area contributed by atoms with Crippen molar-refractivity contribution in [3.05, 3.63) is 63.4 Å². The molecule has 0 aliphatic carbocycles. The zero-order chi connectivity index (χ0) is 16.8. The highest BCUT2D eigenvalue weighted by atomic mass is 127. The molecule has 1 aromatic heterocycles. The summed E-state index contributed by atoms with van der Waals surface area (Å²) in [7, 11) is 0. The first-order valence-electron chi connectivity index (χ1n) is 7.48. The standard InChI is InChI=1S/C19H13IN2O2/c1-11(23)22-10-12(14-4-2-3-5-18(14)22)8-16-15-9-13(20)6-7-17(15)21-19(16)24/h2-10H,1H3,(H,21,24). The minimum Gasteiger partial charge on any atom is -0.321 e. The number of fused-ring (bicyclic) bond motifs is 2. The number of nitrogens with zero attached hydrogens (tertiary/aromatic N) is 1. The third kappa shape index (κ3) is 2.36. The summed E-state index contributed by atoms with van der Waals surface area (Å²) in [6, 6.07) is 13.6. The van der Waals surface area contributed by atoms with Crippen molar-refractivity contribution in [3.63, 3.8) is 0 Å². The highest BCUT2D eigenvalue weighted by Crippen LogP contribution is 2.35. The molecule has 3 aromatic rings. The van der Waals surface area contributed by atoms with Gasteiger partial charge < -0.3 is 5.32 Å². The Morgan fingerprint density at radius 3 is 2.79 bits per heavy atom. The van der Waals surface area contributed by atoms with Crippen LogP contribution in [-0.2, 0) is 4.79 Å². The third-order valence-corrected chi connectivity index (χ3v) is 4.82. The van der Waals surface area contributed by atoms with Crippen LogP contribution in [0, 0.1) is 3.57 Å². The molecule has 0 unspecified atom stereocenters. The Bertz CT molecular complexity index is 1050. The highest BCUT2D eigenvalue weighted by molar-refractivity contribution is 14.1. The third-order valence-electron chi connectivity index (χ3n) is 4.15. The van der Waals surface area contributed by atoms with Crippen molar-refractivity contribution in [1.82, 2.24) is 4.57 Å². The summed E-state index contributed by atoms with van der Waals surface area (Å²) in [6.45, 7) is 1.53. The minimum atomic E-state index is -0.119. The zero-order valence-corrected chi connectivity index (χ0v) is 15.0. The average molecular weight is 428 g/mol. The molecule has 0 saturated carbocycles. The number of anilines is 1. The Morgan fingerprint density at radius 2 is 2.00 bits per heavy atom. The van der Waals surface area contributed by atoms with Crippen molar-refractivity contribution < 1.29 is 9.59 Å². The number of aromatic nitrogens is 1. The van der Waals surface area contributed by atoms with Crippen LogP contribution in [0.2, 0.25) is 0 Å². The number of rotatable bonds is 1. The van der Waals surface area contributed by atoms with Crippen molar-refractivity contribution in [2.75, 3.05) is 5.32 Å². The van der Waals surface area contributed by atoms with Crippen molar-refractivity contribution in [2.45, 2.75) is 6.92 Å². The summed E-state index contributed by atoms with van der Waals surface area (Å²) < 4.78 is 2.68. The topological polar surface area (TPSA) is 51.1 Å². The van der Waals surface area contributed by atoms with E-state index in [-0.39, 0.29) is 11.8 Å². The van der Waals surface area contributed by atoms with Gasteiger partial charge in [-0.05, 0) is 52.9 Å². The van der Waals surface area contributed by atoms with E-state index in [1.165, 1.54) is 6.92 Å². The molecule has 2 aromatic carbocycles. The molecule has 0 atom stereocenters. The fourth-order valence-corrected chi connectivity index (χ4v) is 3.53. The van der Waals surface area contributed by atoms with Gasteiger partial charge in [-0.25, -0.2) is 0 Å². The van der Waals surface area contributed by atoms with Crippen LogP contribution in [0.4, 0.5) is 5.69 Å². The van der Waals surface area contributed by atoms with Gasteiger partial charge in [0.1, 0.15) is 0 Å². The van der Waals surface area contributed by atoms with Crippen LogP contribution in [0.5, 0.6) is 0 Å². The largest absolute Gasteiger partial charge is 0.321 e. The van der Waals surface area contributed by atoms with Crippen LogP contribution >= 0.6 is 22.6 Å². The molecule has 2 heterocycles. The van der Waals surface area contributed by atoms with Gasteiger partial charge >= 0.3 is 0 Å². The predicted molar refractivity (Wildman–Crippen MR) is 104 cm³/mol. The molecule has 1 amide bonds. The minimum absolute atomic E-state index is 0.0540. The smallest absolute Gasteiger partial charge is 0.256 e. The van der Waals surface area contributed by atoms with Crippen LogP contribution in [-0.4, -0.2) is 16.4 Å². The van der Waals surface area contributed by atoms with Crippen molar-refractivity contribution in [2.24, 2.45) is 0 Å².